The largest absolute Gasteiger partial charge is 0.342 e. The molecule has 0 aliphatic rings. The Kier molecular flexibility index (Phi) is 3.89. The molecule has 1 unspecified atom stereocenters. The lowest BCUT2D eigenvalue weighted by Gasteiger charge is -2.08. The highest BCUT2D eigenvalue weighted by molar-refractivity contribution is 9.12. The SMILES string of the molecule is CC(NC(=O)c1cc(Br)sc1Br)c1nn[nH]n1. The molecule has 2 N–H and O–H groups in total. The van der Waals surface area contributed by atoms with Crippen LogP contribution in [0.2, 0.25) is 0 Å². The first-order chi connectivity index (χ1) is 8.08. The Bertz CT molecular complexity index is 526. The summed E-state index contributed by atoms with van der Waals surface area (Å²) in [5.74, 6) is 0.264. The van der Waals surface area contributed by atoms with Crippen molar-refractivity contribution in [3.63, 3.8) is 0 Å². The van der Waals surface area contributed by atoms with Gasteiger partial charge in [-0.15, -0.1) is 21.5 Å². The summed E-state index contributed by atoms with van der Waals surface area (Å²) in [5, 5.41) is 16.2. The van der Waals surface area contributed by atoms with Crippen molar-refractivity contribution in [2.75, 3.05) is 0 Å². The second-order valence-corrected chi connectivity index (χ2v) is 6.95. The zero-order valence-corrected chi connectivity index (χ0v) is 12.6. The van der Waals surface area contributed by atoms with Crippen LogP contribution in [-0.4, -0.2) is 26.5 Å². The van der Waals surface area contributed by atoms with E-state index in [9.17, 15) is 4.79 Å². The Morgan fingerprint density at radius 2 is 2.35 bits per heavy atom. The van der Waals surface area contributed by atoms with E-state index < -0.39 is 0 Å². The van der Waals surface area contributed by atoms with Gasteiger partial charge in [0.25, 0.3) is 5.91 Å². The maximum atomic E-state index is 11.9. The van der Waals surface area contributed by atoms with E-state index in [1.54, 1.807) is 13.0 Å². The standard InChI is InChI=1S/C8H7Br2N5OS/c1-3(7-12-14-15-13-7)11-8(16)4-2-5(9)17-6(4)10/h2-3H,1H3,(H,11,16)(H,12,13,14,15). The number of aromatic amines is 1. The number of nitrogens with one attached hydrogen (secondary N) is 2. The lowest BCUT2D eigenvalue weighted by molar-refractivity contribution is 0.0938. The molecular formula is C8H7Br2N5OS. The van der Waals surface area contributed by atoms with Gasteiger partial charge < -0.3 is 5.32 Å². The van der Waals surface area contributed by atoms with Crippen molar-refractivity contribution >= 4 is 49.1 Å². The summed E-state index contributed by atoms with van der Waals surface area (Å²) in [7, 11) is 0. The first-order valence-corrected chi connectivity index (χ1v) is 6.97. The molecule has 1 atom stereocenters. The number of aromatic nitrogens is 4. The molecule has 0 aliphatic carbocycles. The number of amides is 1. The molecule has 0 fully saturated rings. The number of halogens is 2. The van der Waals surface area contributed by atoms with E-state index in [0.717, 1.165) is 7.57 Å². The number of nitrogens with zero attached hydrogens (tertiary/aromatic N) is 3. The molecule has 2 rings (SSSR count). The van der Waals surface area contributed by atoms with Gasteiger partial charge in [-0.25, -0.2) is 0 Å². The highest BCUT2D eigenvalue weighted by atomic mass is 79.9. The molecule has 2 heterocycles. The molecule has 0 radical (unpaired) electrons. The van der Waals surface area contributed by atoms with Crippen LogP contribution in [-0.2, 0) is 0 Å². The predicted molar refractivity (Wildman–Crippen MR) is 69.8 cm³/mol. The lowest BCUT2D eigenvalue weighted by Crippen LogP contribution is -2.27. The highest BCUT2D eigenvalue weighted by Crippen LogP contribution is 2.31. The summed E-state index contributed by atoms with van der Waals surface area (Å²) >= 11 is 8.10. The molecule has 0 saturated heterocycles. The number of rotatable bonds is 3. The number of H-pyrrole nitrogens is 1. The fourth-order valence-corrected chi connectivity index (χ4v) is 3.98. The van der Waals surface area contributed by atoms with Crippen LogP contribution in [0.3, 0.4) is 0 Å². The van der Waals surface area contributed by atoms with E-state index in [-0.39, 0.29) is 11.9 Å². The van der Waals surface area contributed by atoms with Crippen molar-refractivity contribution in [1.29, 1.82) is 0 Å². The molecule has 0 bridgehead atoms. The summed E-state index contributed by atoms with van der Waals surface area (Å²) in [5.41, 5.74) is 0.581. The third-order valence-corrected chi connectivity index (χ3v) is 4.34. The third kappa shape index (κ3) is 2.90. The van der Waals surface area contributed by atoms with Crippen molar-refractivity contribution in [2.45, 2.75) is 13.0 Å². The van der Waals surface area contributed by atoms with Gasteiger partial charge in [0, 0.05) is 0 Å². The Balaban J connectivity index is 2.09. The van der Waals surface area contributed by atoms with Gasteiger partial charge in [-0.1, -0.05) is 5.21 Å². The van der Waals surface area contributed by atoms with Crippen LogP contribution in [0.15, 0.2) is 13.6 Å². The van der Waals surface area contributed by atoms with Gasteiger partial charge in [0.1, 0.15) is 0 Å². The summed E-state index contributed by atoms with van der Waals surface area (Å²) in [6.07, 6.45) is 0. The molecule has 90 valence electrons. The average Bonchev–Trinajstić information content (AvgIpc) is 2.87. The first-order valence-electron chi connectivity index (χ1n) is 4.57. The third-order valence-electron chi connectivity index (χ3n) is 2.00. The maximum absolute atomic E-state index is 11.9. The second kappa shape index (κ2) is 5.23. The van der Waals surface area contributed by atoms with Crippen LogP contribution < -0.4 is 5.32 Å². The topological polar surface area (TPSA) is 83.6 Å². The molecule has 9 heteroatoms. The van der Waals surface area contributed by atoms with Gasteiger partial charge >= 0.3 is 0 Å². The van der Waals surface area contributed by atoms with Gasteiger partial charge in [-0.3, -0.25) is 4.79 Å². The van der Waals surface area contributed by atoms with E-state index in [1.807, 2.05) is 0 Å². The van der Waals surface area contributed by atoms with Crippen LogP contribution in [0.4, 0.5) is 0 Å². The molecule has 2 aromatic heterocycles. The van der Waals surface area contributed by atoms with Crippen molar-refractivity contribution in [2.24, 2.45) is 0 Å². The highest BCUT2D eigenvalue weighted by Gasteiger charge is 2.18. The quantitative estimate of drug-likeness (QED) is 0.855. The van der Waals surface area contributed by atoms with Crippen molar-refractivity contribution in [1.82, 2.24) is 25.9 Å². The smallest absolute Gasteiger partial charge is 0.253 e. The van der Waals surface area contributed by atoms with Gasteiger partial charge in [0.2, 0.25) is 0 Å². The Morgan fingerprint density at radius 1 is 1.59 bits per heavy atom. The van der Waals surface area contributed by atoms with Crippen molar-refractivity contribution in [3.05, 3.63) is 25.0 Å². The zero-order chi connectivity index (χ0) is 12.4. The van der Waals surface area contributed by atoms with Gasteiger partial charge in [0.05, 0.1) is 19.2 Å². The van der Waals surface area contributed by atoms with Crippen molar-refractivity contribution < 1.29 is 4.79 Å². The normalized spacial score (nSPS) is 12.4. The number of hydrogen-bond acceptors (Lipinski definition) is 5. The van der Waals surface area contributed by atoms with E-state index in [4.69, 9.17) is 0 Å². The molecule has 1 amide bonds. The van der Waals surface area contributed by atoms with Crippen LogP contribution >= 0.6 is 43.2 Å². The second-order valence-electron chi connectivity index (χ2n) is 3.20. The Morgan fingerprint density at radius 3 is 2.88 bits per heavy atom. The lowest BCUT2D eigenvalue weighted by atomic mass is 10.2. The number of tetrazole rings is 1. The minimum Gasteiger partial charge on any atom is -0.342 e. The fourth-order valence-electron chi connectivity index (χ4n) is 1.19. The molecule has 0 spiro atoms. The van der Waals surface area contributed by atoms with E-state index >= 15 is 0 Å². The van der Waals surface area contributed by atoms with Crippen LogP contribution in [0.5, 0.6) is 0 Å². The fraction of sp³-hybridized carbons (Fsp3) is 0.250. The molecule has 0 aliphatic heterocycles. The summed E-state index contributed by atoms with van der Waals surface area (Å²) in [6, 6.07) is 1.46. The number of carbonyl (C=O) groups is 1. The Hall–Kier alpha value is -0.800. The maximum Gasteiger partial charge on any atom is 0.253 e. The van der Waals surface area contributed by atoms with Crippen LogP contribution in [0.1, 0.15) is 29.1 Å². The first kappa shape index (κ1) is 12.7. The van der Waals surface area contributed by atoms with Crippen molar-refractivity contribution in [3.8, 4) is 0 Å². The number of carbonyl (C=O) groups excluding carboxylic acids is 1. The molecule has 6 nitrogen and oxygen atoms in total. The van der Waals surface area contributed by atoms with Crippen LogP contribution in [0.25, 0.3) is 0 Å². The van der Waals surface area contributed by atoms with Gasteiger partial charge in [-0.2, -0.15) is 5.21 Å². The minimum absolute atomic E-state index is 0.184. The van der Waals surface area contributed by atoms with Gasteiger partial charge in [-0.05, 0) is 44.8 Å². The molecule has 2 aromatic rings. The molecule has 17 heavy (non-hydrogen) atoms. The summed E-state index contributed by atoms with van der Waals surface area (Å²) < 4.78 is 1.67. The number of hydrogen-bond donors (Lipinski definition) is 2. The van der Waals surface area contributed by atoms with E-state index in [1.165, 1.54) is 11.3 Å². The van der Waals surface area contributed by atoms with E-state index in [2.05, 4.69) is 57.8 Å². The van der Waals surface area contributed by atoms with Gasteiger partial charge in [0.15, 0.2) is 5.82 Å². The zero-order valence-electron chi connectivity index (χ0n) is 8.57. The predicted octanol–water partition coefficient (Wildman–Crippen LogP) is 2.28. The molecule has 0 aromatic carbocycles. The summed E-state index contributed by atoms with van der Waals surface area (Å²) in [6.45, 7) is 1.79. The van der Waals surface area contributed by atoms with Crippen LogP contribution in [0, 0.1) is 0 Å². The Labute approximate surface area is 117 Å². The molecular weight excluding hydrogens is 374 g/mol. The minimum atomic E-state index is -0.299. The number of thiophene rings is 1. The summed E-state index contributed by atoms with van der Waals surface area (Å²) in [4.78, 5) is 11.9. The molecule has 0 saturated carbocycles. The average molecular weight is 381 g/mol. The monoisotopic (exact) mass is 379 g/mol. The van der Waals surface area contributed by atoms with E-state index in [0.29, 0.717) is 11.4 Å².